The van der Waals surface area contributed by atoms with E-state index in [9.17, 15) is 9.59 Å². The zero-order chi connectivity index (χ0) is 23.0. The first-order valence-corrected chi connectivity index (χ1v) is 11.0. The number of thiophene rings is 1. The van der Waals surface area contributed by atoms with Crippen LogP contribution < -0.4 is 5.32 Å². The summed E-state index contributed by atoms with van der Waals surface area (Å²) in [6.45, 7) is 9.77. The van der Waals surface area contributed by atoms with Crippen molar-refractivity contribution in [2.24, 2.45) is 0 Å². The maximum absolute atomic E-state index is 13.2. The molecule has 0 spiro atoms. The Kier molecular flexibility index (Phi) is 5.75. The van der Waals surface area contributed by atoms with E-state index in [0.29, 0.717) is 22.0 Å². The largest absolute Gasteiger partial charge is 0.462 e. The standard InChI is InChI=1S/C23H23N5O3S/c1-6-31-22(30)19-18(16-8-7-12(2)13(3)9-16)15(5)32-21(19)27-20(29)17-10-14(4)26-23-24-11-25-28(17)23/h7-11H,6H2,1-5H3,(H,27,29). The van der Waals surface area contributed by atoms with E-state index in [4.69, 9.17) is 4.74 Å². The second-order valence-electron chi connectivity index (χ2n) is 7.47. The van der Waals surface area contributed by atoms with Crippen molar-refractivity contribution in [2.45, 2.75) is 34.6 Å². The maximum atomic E-state index is 13.2. The number of anilines is 1. The SMILES string of the molecule is CCOC(=O)c1c(NC(=O)c2cc(C)nc3ncnn23)sc(C)c1-c1ccc(C)c(C)c1. The van der Waals surface area contributed by atoms with Crippen molar-refractivity contribution in [3.05, 3.63) is 63.5 Å². The normalized spacial score (nSPS) is 11.0. The van der Waals surface area contributed by atoms with Crippen LogP contribution in [0.15, 0.2) is 30.6 Å². The van der Waals surface area contributed by atoms with Crippen molar-refractivity contribution in [3.8, 4) is 11.1 Å². The van der Waals surface area contributed by atoms with Crippen LogP contribution in [0.2, 0.25) is 0 Å². The summed E-state index contributed by atoms with van der Waals surface area (Å²) in [6, 6.07) is 7.68. The maximum Gasteiger partial charge on any atom is 0.341 e. The molecule has 1 aromatic carbocycles. The van der Waals surface area contributed by atoms with Crippen LogP contribution in [0.25, 0.3) is 16.9 Å². The first-order valence-electron chi connectivity index (χ1n) is 10.2. The molecule has 0 saturated carbocycles. The van der Waals surface area contributed by atoms with Crippen LogP contribution >= 0.6 is 11.3 Å². The minimum atomic E-state index is -0.475. The molecule has 32 heavy (non-hydrogen) atoms. The summed E-state index contributed by atoms with van der Waals surface area (Å²) < 4.78 is 6.71. The Morgan fingerprint density at radius 2 is 1.91 bits per heavy atom. The van der Waals surface area contributed by atoms with E-state index in [1.54, 1.807) is 19.9 Å². The molecule has 0 saturated heterocycles. The quantitative estimate of drug-likeness (QED) is 0.450. The minimum absolute atomic E-state index is 0.233. The molecule has 0 unspecified atom stereocenters. The minimum Gasteiger partial charge on any atom is -0.462 e. The van der Waals surface area contributed by atoms with Crippen LogP contribution in [0.3, 0.4) is 0 Å². The van der Waals surface area contributed by atoms with Gasteiger partial charge in [-0.1, -0.05) is 18.2 Å². The molecule has 9 heteroatoms. The summed E-state index contributed by atoms with van der Waals surface area (Å²) in [7, 11) is 0. The Balaban J connectivity index is 1.81. The van der Waals surface area contributed by atoms with Gasteiger partial charge in [0.05, 0.1) is 6.61 Å². The topological polar surface area (TPSA) is 98.5 Å². The lowest BCUT2D eigenvalue weighted by molar-refractivity contribution is 0.0529. The van der Waals surface area contributed by atoms with Crippen LogP contribution in [0, 0.1) is 27.7 Å². The predicted molar refractivity (Wildman–Crippen MR) is 123 cm³/mol. The lowest BCUT2D eigenvalue weighted by Crippen LogP contribution is -2.19. The third-order valence-electron chi connectivity index (χ3n) is 5.20. The summed E-state index contributed by atoms with van der Waals surface area (Å²) in [6.07, 6.45) is 1.34. The molecule has 0 fully saturated rings. The van der Waals surface area contributed by atoms with Crippen molar-refractivity contribution < 1.29 is 14.3 Å². The van der Waals surface area contributed by atoms with Crippen LogP contribution in [-0.4, -0.2) is 38.1 Å². The fraction of sp³-hybridized carbons (Fsp3) is 0.261. The van der Waals surface area contributed by atoms with Gasteiger partial charge in [-0.25, -0.2) is 9.78 Å². The number of aromatic nitrogens is 4. The summed E-state index contributed by atoms with van der Waals surface area (Å²) in [5, 5.41) is 7.42. The van der Waals surface area contributed by atoms with E-state index in [0.717, 1.165) is 27.1 Å². The molecular formula is C23H23N5O3S. The van der Waals surface area contributed by atoms with E-state index in [1.165, 1.54) is 22.2 Å². The van der Waals surface area contributed by atoms with Gasteiger partial charge in [-0.3, -0.25) is 4.79 Å². The highest BCUT2D eigenvalue weighted by molar-refractivity contribution is 7.17. The molecule has 3 aromatic heterocycles. The van der Waals surface area contributed by atoms with Gasteiger partial charge in [0.15, 0.2) is 0 Å². The van der Waals surface area contributed by atoms with Gasteiger partial charge in [0, 0.05) is 16.1 Å². The molecule has 8 nitrogen and oxygen atoms in total. The number of benzene rings is 1. The summed E-state index contributed by atoms with van der Waals surface area (Å²) >= 11 is 1.34. The molecule has 0 radical (unpaired) electrons. The van der Waals surface area contributed by atoms with Gasteiger partial charge in [0.2, 0.25) is 0 Å². The van der Waals surface area contributed by atoms with Crippen molar-refractivity contribution in [3.63, 3.8) is 0 Å². The van der Waals surface area contributed by atoms with Gasteiger partial charge < -0.3 is 10.1 Å². The van der Waals surface area contributed by atoms with Crippen molar-refractivity contribution in [1.82, 2.24) is 19.6 Å². The van der Waals surface area contributed by atoms with Crippen LogP contribution in [0.5, 0.6) is 0 Å². The highest BCUT2D eigenvalue weighted by atomic mass is 32.1. The second-order valence-corrected chi connectivity index (χ2v) is 8.69. The van der Waals surface area contributed by atoms with Crippen molar-refractivity contribution in [1.29, 1.82) is 0 Å². The average Bonchev–Trinajstić information content (AvgIpc) is 3.33. The summed E-state index contributed by atoms with van der Waals surface area (Å²) in [4.78, 5) is 35.4. The molecule has 0 aliphatic carbocycles. The molecule has 0 aliphatic heterocycles. The first kappa shape index (κ1) is 21.6. The molecule has 1 N–H and O–H groups in total. The van der Waals surface area contributed by atoms with E-state index in [-0.39, 0.29) is 12.3 Å². The molecular weight excluding hydrogens is 426 g/mol. The number of carbonyl (C=O) groups is 2. The van der Waals surface area contributed by atoms with Gasteiger partial charge in [0.1, 0.15) is 22.6 Å². The number of ether oxygens (including phenoxy) is 1. The van der Waals surface area contributed by atoms with Crippen molar-refractivity contribution >= 4 is 34.0 Å². The molecule has 0 atom stereocenters. The van der Waals surface area contributed by atoms with Crippen LogP contribution in [-0.2, 0) is 4.74 Å². The fourth-order valence-electron chi connectivity index (χ4n) is 3.53. The zero-order valence-electron chi connectivity index (χ0n) is 18.5. The summed E-state index contributed by atoms with van der Waals surface area (Å²) in [5.74, 6) is -0.555. The molecule has 1 amide bonds. The number of hydrogen-bond acceptors (Lipinski definition) is 7. The Labute approximate surface area is 189 Å². The molecule has 164 valence electrons. The van der Waals surface area contributed by atoms with Gasteiger partial charge in [-0.15, -0.1) is 11.3 Å². The number of nitrogens with zero attached hydrogens (tertiary/aromatic N) is 4. The average molecular weight is 450 g/mol. The zero-order valence-corrected chi connectivity index (χ0v) is 19.3. The van der Waals surface area contributed by atoms with Crippen LogP contribution in [0.1, 0.15) is 49.5 Å². The lowest BCUT2D eigenvalue weighted by Gasteiger charge is -2.11. The number of rotatable bonds is 5. The Morgan fingerprint density at radius 1 is 1.12 bits per heavy atom. The van der Waals surface area contributed by atoms with Crippen molar-refractivity contribution in [2.75, 3.05) is 11.9 Å². The third-order valence-corrected chi connectivity index (χ3v) is 6.22. The number of aryl methyl sites for hydroxylation is 4. The Bertz CT molecular complexity index is 1360. The molecule has 0 bridgehead atoms. The number of esters is 1. The number of fused-ring (bicyclic) bond motifs is 1. The Hall–Kier alpha value is -3.59. The van der Waals surface area contributed by atoms with E-state index >= 15 is 0 Å². The Morgan fingerprint density at radius 3 is 2.62 bits per heavy atom. The molecule has 4 rings (SSSR count). The highest BCUT2D eigenvalue weighted by Gasteiger charge is 2.26. The number of carbonyl (C=O) groups excluding carboxylic acids is 2. The monoisotopic (exact) mass is 449 g/mol. The second kappa shape index (κ2) is 8.51. The number of hydrogen-bond donors (Lipinski definition) is 1. The predicted octanol–water partition coefficient (Wildman–Crippen LogP) is 4.52. The van der Waals surface area contributed by atoms with Gasteiger partial charge >= 0.3 is 5.97 Å². The lowest BCUT2D eigenvalue weighted by atomic mass is 9.97. The van der Waals surface area contributed by atoms with Gasteiger partial charge in [-0.2, -0.15) is 14.6 Å². The number of amides is 1. The van der Waals surface area contributed by atoms with E-state index < -0.39 is 11.9 Å². The molecule has 4 aromatic rings. The third kappa shape index (κ3) is 3.87. The fourth-order valence-corrected chi connectivity index (χ4v) is 4.59. The molecule has 0 aliphatic rings. The number of nitrogens with one attached hydrogen (secondary N) is 1. The molecule has 3 heterocycles. The smallest absolute Gasteiger partial charge is 0.341 e. The van der Waals surface area contributed by atoms with Crippen LogP contribution in [0.4, 0.5) is 5.00 Å². The highest BCUT2D eigenvalue weighted by Crippen LogP contribution is 2.41. The first-order chi connectivity index (χ1) is 15.3. The van der Waals surface area contributed by atoms with E-state index in [1.807, 2.05) is 39.0 Å². The summed E-state index contributed by atoms with van der Waals surface area (Å²) in [5.41, 5.74) is 5.23. The van der Waals surface area contributed by atoms with Gasteiger partial charge in [-0.05, 0) is 57.4 Å². The van der Waals surface area contributed by atoms with E-state index in [2.05, 4.69) is 20.4 Å². The van der Waals surface area contributed by atoms with Gasteiger partial charge in [0.25, 0.3) is 11.7 Å².